The van der Waals surface area contributed by atoms with Gasteiger partial charge in [0.1, 0.15) is 5.78 Å². The van der Waals surface area contributed by atoms with Crippen LogP contribution >= 0.6 is 0 Å². The van der Waals surface area contributed by atoms with Crippen LogP contribution in [0, 0.1) is 18.8 Å². The fraction of sp³-hybridized carbons (Fsp3) is 0.424. The standard InChI is InChI=1S/C33H42N2O5S/c1-23-13-16-29(17-14-23)41(39,40)22-25(15-18-31(37)35-33(3,4)5)20-28(36)19-24(2)32(38)34-21-27-11-8-10-26-9-6-7-12-30(26)27/h6-14,16-17,24-25H,15,18-22H2,1-5H3,(H,34,38)(H,35,37)/t24-,25+/m1/s1. The number of fused-ring (bicyclic) bond motifs is 1. The van der Waals surface area contributed by atoms with Crippen molar-refractivity contribution >= 4 is 38.2 Å². The maximum atomic E-state index is 13.2. The number of benzene rings is 3. The quantitative estimate of drug-likeness (QED) is 0.277. The number of hydrogen-bond acceptors (Lipinski definition) is 5. The Kier molecular flexibility index (Phi) is 10.8. The van der Waals surface area contributed by atoms with Crippen molar-refractivity contribution in [2.45, 2.75) is 77.3 Å². The van der Waals surface area contributed by atoms with Crippen molar-refractivity contribution in [3.05, 3.63) is 77.9 Å². The molecule has 0 radical (unpaired) electrons. The second-order valence-corrected chi connectivity index (χ2v) is 14.0. The van der Waals surface area contributed by atoms with Crippen LogP contribution in [0.4, 0.5) is 0 Å². The average Bonchev–Trinajstić information content (AvgIpc) is 2.89. The summed E-state index contributed by atoms with van der Waals surface area (Å²) in [6.45, 7) is 9.55. The lowest BCUT2D eigenvalue weighted by molar-refractivity contribution is -0.129. The largest absolute Gasteiger partial charge is 0.352 e. The maximum Gasteiger partial charge on any atom is 0.223 e. The number of carbonyl (C=O) groups is 3. The molecule has 3 rings (SSSR count). The Morgan fingerprint density at radius 3 is 2.22 bits per heavy atom. The normalized spacial score (nSPS) is 13.4. The topological polar surface area (TPSA) is 109 Å². The van der Waals surface area contributed by atoms with Crippen molar-refractivity contribution in [1.29, 1.82) is 0 Å². The molecule has 0 unspecified atom stereocenters. The van der Waals surface area contributed by atoms with Crippen LogP contribution in [0.3, 0.4) is 0 Å². The van der Waals surface area contributed by atoms with E-state index < -0.39 is 27.2 Å². The molecule has 41 heavy (non-hydrogen) atoms. The smallest absolute Gasteiger partial charge is 0.223 e. The summed E-state index contributed by atoms with van der Waals surface area (Å²) in [5.74, 6) is -1.99. The van der Waals surface area contributed by atoms with Gasteiger partial charge >= 0.3 is 0 Å². The number of Topliss-reactive ketones (excluding diaryl/α,β-unsaturated/α-hetero) is 1. The van der Waals surface area contributed by atoms with Gasteiger partial charge in [-0.1, -0.05) is 67.1 Å². The van der Waals surface area contributed by atoms with Gasteiger partial charge in [0, 0.05) is 37.3 Å². The molecule has 0 aliphatic heterocycles. The molecule has 0 saturated heterocycles. The van der Waals surface area contributed by atoms with Crippen LogP contribution in [0.25, 0.3) is 10.8 Å². The van der Waals surface area contributed by atoms with Gasteiger partial charge < -0.3 is 10.6 Å². The van der Waals surface area contributed by atoms with Gasteiger partial charge in [-0.15, -0.1) is 0 Å². The summed E-state index contributed by atoms with van der Waals surface area (Å²) in [5, 5.41) is 7.97. The van der Waals surface area contributed by atoms with Gasteiger partial charge in [0.15, 0.2) is 9.84 Å². The molecule has 8 heteroatoms. The highest BCUT2D eigenvalue weighted by atomic mass is 32.2. The summed E-state index contributed by atoms with van der Waals surface area (Å²) in [7, 11) is -3.67. The zero-order chi connectivity index (χ0) is 30.2. The minimum atomic E-state index is -3.67. The number of ketones is 1. The zero-order valence-corrected chi connectivity index (χ0v) is 25.5. The second-order valence-electron chi connectivity index (χ2n) is 12.0. The van der Waals surface area contributed by atoms with Gasteiger partial charge in [0.05, 0.1) is 10.6 Å². The Balaban J connectivity index is 1.63. The Morgan fingerprint density at radius 2 is 1.54 bits per heavy atom. The van der Waals surface area contributed by atoms with E-state index in [2.05, 4.69) is 10.6 Å². The van der Waals surface area contributed by atoms with Gasteiger partial charge in [-0.2, -0.15) is 0 Å². The van der Waals surface area contributed by atoms with Crippen LogP contribution in [0.2, 0.25) is 0 Å². The van der Waals surface area contributed by atoms with E-state index in [9.17, 15) is 22.8 Å². The molecule has 2 N–H and O–H groups in total. The summed E-state index contributed by atoms with van der Waals surface area (Å²) in [5.41, 5.74) is 1.53. The number of hydrogen-bond donors (Lipinski definition) is 2. The molecule has 0 fully saturated rings. The van der Waals surface area contributed by atoms with Gasteiger partial charge in [-0.3, -0.25) is 14.4 Å². The van der Waals surface area contributed by atoms with Gasteiger partial charge in [-0.25, -0.2) is 8.42 Å². The van der Waals surface area contributed by atoms with Crippen LogP contribution in [-0.4, -0.2) is 37.3 Å². The molecule has 3 aromatic rings. The molecule has 0 heterocycles. The molecule has 3 aromatic carbocycles. The third kappa shape index (κ3) is 10.1. The fourth-order valence-electron chi connectivity index (χ4n) is 4.86. The van der Waals surface area contributed by atoms with Crippen molar-refractivity contribution < 1.29 is 22.8 Å². The predicted octanol–water partition coefficient (Wildman–Crippen LogP) is 5.53. The van der Waals surface area contributed by atoms with E-state index >= 15 is 0 Å². The van der Waals surface area contributed by atoms with Crippen LogP contribution in [0.5, 0.6) is 0 Å². The lowest BCUT2D eigenvalue weighted by atomic mass is 9.93. The van der Waals surface area contributed by atoms with Crippen LogP contribution in [0.1, 0.15) is 64.5 Å². The zero-order valence-electron chi connectivity index (χ0n) is 24.7. The Labute approximate surface area is 244 Å². The lowest BCUT2D eigenvalue weighted by Crippen LogP contribution is -2.40. The van der Waals surface area contributed by atoms with Crippen LogP contribution in [0.15, 0.2) is 71.6 Å². The first-order valence-electron chi connectivity index (χ1n) is 14.1. The maximum absolute atomic E-state index is 13.2. The van der Waals surface area contributed by atoms with Crippen LogP contribution < -0.4 is 10.6 Å². The summed E-state index contributed by atoms with van der Waals surface area (Å²) in [4.78, 5) is 38.6. The summed E-state index contributed by atoms with van der Waals surface area (Å²) in [6, 6.07) is 20.5. The molecule has 2 amide bonds. The van der Waals surface area contributed by atoms with Gasteiger partial charge in [0.2, 0.25) is 11.8 Å². The van der Waals surface area contributed by atoms with Crippen molar-refractivity contribution in [3.8, 4) is 0 Å². The second kappa shape index (κ2) is 13.9. The van der Waals surface area contributed by atoms with E-state index in [0.717, 1.165) is 21.9 Å². The van der Waals surface area contributed by atoms with Crippen molar-refractivity contribution in [2.75, 3.05) is 5.75 Å². The highest BCUT2D eigenvalue weighted by molar-refractivity contribution is 7.91. The first-order chi connectivity index (χ1) is 19.2. The van der Waals surface area contributed by atoms with Gasteiger partial charge in [0.25, 0.3) is 0 Å². The number of sulfone groups is 1. The number of carbonyl (C=O) groups excluding carboxylic acids is 3. The molecule has 2 atom stereocenters. The Hall–Kier alpha value is -3.52. The number of nitrogens with one attached hydrogen (secondary N) is 2. The molecule has 0 aliphatic carbocycles. The van der Waals surface area contributed by atoms with E-state index in [1.807, 2.05) is 70.2 Å². The summed E-state index contributed by atoms with van der Waals surface area (Å²) >= 11 is 0. The molecule has 7 nitrogen and oxygen atoms in total. The predicted molar refractivity (Wildman–Crippen MR) is 163 cm³/mol. The molecule has 0 spiro atoms. The van der Waals surface area contributed by atoms with Crippen molar-refractivity contribution in [1.82, 2.24) is 10.6 Å². The first kappa shape index (κ1) is 32.0. The third-order valence-corrected chi connectivity index (χ3v) is 8.86. The molecule has 0 aromatic heterocycles. The SMILES string of the molecule is Cc1ccc(S(=O)(=O)C[C@@H](CCC(=O)NC(C)(C)C)CC(=O)C[C@@H](C)C(=O)NCc2cccc3ccccc23)cc1. The number of rotatable bonds is 13. The highest BCUT2D eigenvalue weighted by Crippen LogP contribution is 2.23. The molecule has 0 aliphatic rings. The molecular weight excluding hydrogens is 536 g/mol. The average molecular weight is 579 g/mol. The monoisotopic (exact) mass is 578 g/mol. The Bertz CT molecular complexity index is 1470. The fourth-order valence-corrected chi connectivity index (χ4v) is 6.50. The molecule has 0 bridgehead atoms. The van der Waals surface area contributed by atoms with Crippen LogP contribution in [-0.2, 0) is 30.8 Å². The molecule has 0 saturated carbocycles. The molecule has 220 valence electrons. The molecular formula is C33H42N2O5S. The highest BCUT2D eigenvalue weighted by Gasteiger charge is 2.26. The first-order valence-corrected chi connectivity index (χ1v) is 15.8. The summed E-state index contributed by atoms with van der Waals surface area (Å²) in [6.07, 6.45) is 0.339. The summed E-state index contributed by atoms with van der Waals surface area (Å²) < 4.78 is 26.4. The van der Waals surface area contributed by atoms with Gasteiger partial charge in [-0.05, 0) is 68.5 Å². The van der Waals surface area contributed by atoms with Crippen molar-refractivity contribution in [3.63, 3.8) is 0 Å². The van der Waals surface area contributed by atoms with E-state index in [1.165, 1.54) is 0 Å². The van der Waals surface area contributed by atoms with E-state index in [0.29, 0.717) is 6.54 Å². The minimum Gasteiger partial charge on any atom is -0.352 e. The number of amides is 2. The van der Waals surface area contributed by atoms with E-state index in [4.69, 9.17) is 0 Å². The third-order valence-electron chi connectivity index (χ3n) is 6.96. The van der Waals surface area contributed by atoms with Crippen molar-refractivity contribution in [2.24, 2.45) is 11.8 Å². The van der Waals surface area contributed by atoms with E-state index in [-0.39, 0.29) is 53.9 Å². The number of aryl methyl sites for hydroxylation is 1. The van der Waals surface area contributed by atoms with E-state index in [1.54, 1.807) is 31.2 Å². The Morgan fingerprint density at radius 1 is 0.878 bits per heavy atom. The lowest BCUT2D eigenvalue weighted by Gasteiger charge is -2.22. The minimum absolute atomic E-state index is 0.00334.